The third kappa shape index (κ3) is 2.70. The number of alkyl halides is 3. The summed E-state index contributed by atoms with van der Waals surface area (Å²) in [5.74, 6) is 0.0191. The van der Waals surface area contributed by atoms with Crippen LogP contribution in [0, 0.1) is 6.92 Å². The number of halogens is 3. The van der Waals surface area contributed by atoms with Crippen LogP contribution < -0.4 is 10.3 Å². The maximum absolute atomic E-state index is 13.5. The Kier molecular flexibility index (Phi) is 4.10. The zero-order valence-corrected chi connectivity index (χ0v) is 15.0. The molecule has 0 amide bonds. The highest BCUT2D eigenvalue weighted by molar-refractivity contribution is 5.87. The average molecular weight is 388 g/mol. The lowest BCUT2D eigenvalue weighted by molar-refractivity contribution is -0.137. The van der Waals surface area contributed by atoms with Gasteiger partial charge in [0.1, 0.15) is 11.3 Å². The number of fused-ring (bicyclic) bond motifs is 3. The van der Waals surface area contributed by atoms with E-state index in [-0.39, 0.29) is 23.5 Å². The number of pyridine rings is 1. The van der Waals surface area contributed by atoms with Gasteiger partial charge < -0.3 is 4.74 Å². The minimum atomic E-state index is -4.60. The van der Waals surface area contributed by atoms with Crippen LogP contribution in [0.5, 0.6) is 5.75 Å². The summed E-state index contributed by atoms with van der Waals surface area (Å²) in [6.45, 7) is 3.52. The molecule has 28 heavy (non-hydrogen) atoms. The van der Waals surface area contributed by atoms with Crippen LogP contribution in [-0.4, -0.2) is 25.5 Å². The van der Waals surface area contributed by atoms with Gasteiger partial charge in [0, 0.05) is 18.6 Å². The third-order valence-electron chi connectivity index (χ3n) is 4.42. The van der Waals surface area contributed by atoms with Crippen molar-refractivity contribution < 1.29 is 17.9 Å². The quantitative estimate of drug-likeness (QED) is 0.536. The Morgan fingerprint density at radius 2 is 1.96 bits per heavy atom. The highest BCUT2D eigenvalue weighted by Gasteiger charge is 2.33. The van der Waals surface area contributed by atoms with Crippen molar-refractivity contribution in [1.82, 2.24) is 18.9 Å². The number of imidazole rings is 1. The number of nitrogens with zero attached hydrogens (tertiary/aromatic N) is 4. The molecule has 0 aliphatic rings. The number of benzene rings is 1. The Hall–Kier alpha value is -3.36. The van der Waals surface area contributed by atoms with E-state index >= 15 is 0 Å². The molecule has 3 aromatic heterocycles. The maximum atomic E-state index is 13.5. The van der Waals surface area contributed by atoms with E-state index in [1.807, 2.05) is 0 Å². The molecule has 0 spiro atoms. The predicted molar refractivity (Wildman–Crippen MR) is 97.0 cm³/mol. The molecule has 1 aromatic carbocycles. The summed E-state index contributed by atoms with van der Waals surface area (Å²) in [6, 6.07) is 5.14. The Bertz CT molecular complexity index is 1260. The molecule has 0 fully saturated rings. The first-order valence-electron chi connectivity index (χ1n) is 8.50. The number of aromatic nitrogens is 4. The van der Waals surface area contributed by atoms with E-state index in [9.17, 15) is 18.0 Å². The summed E-state index contributed by atoms with van der Waals surface area (Å²) in [4.78, 5) is 21.4. The molecule has 0 aliphatic heterocycles. The Labute approximate surface area is 156 Å². The number of aryl methyl sites for hydroxylation is 1. The lowest BCUT2D eigenvalue weighted by Gasteiger charge is -2.18. The summed E-state index contributed by atoms with van der Waals surface area (Å²) < 4.78 is 48.8. The zero-order valence-electron chi connectivity index (χ0n) is 15.0. The highest BCUT2D eigenvalue weighted by atomic mass is 19.4. The normalized spacial score (nSPS) is 12.0. The van der Waals surface area contributed by atoms with Crippen LogP contribution in [-0.2, 0) is 6.18 Å². The van der Waals surface area contributed by atoms with Gasteiger partial charge in [0.05, 0.1) is 29.1 Å². The second kappa shape index (κ2) is 6.36. The van der Waals surface area contributed by atoms with Crippen LogP contribution in [0.3, 0.4) is 0 Å². The van der Waals surface area contributed by atoms with Crippen LogP contribution in [0.25, 0.3) is 22.4 Å². The zero-order chi connectivity index (χ0) is 20.1. The lowest BCUT2D eigenvalue weighted by atomic mass is 10.1. The van der Waals surface area contributed by atoms with Gasteiger partial charge in [0.15, 0.2) is 0 Å². The SMILES string of the molecule is CCOc1cc(C(F)(F)F)cc2c1n1ccnc1c(=O)n2-c1cccnc1C. The average Bonchev–Trinajstić information content (AvgIpc) is 3.12. The molecule has 0 radical (unpaired) electrons. The lowest BCUT2D eigenvalue weighted by Crippen LogP contribution is -2.23. The topological polar surface area (TPSA) is 61.4 Å². The smallest absolute Gasteiger partial charge is 0.416 e. The first-order valence-corrected chi connectivity index (χ1v) is 8.50. The number of rotatable bonds is 3. The fourth-order valence-electron chi connectivity index (χ4n) is 3.24. The predicted octanol–water partition coefficient (Wildman–Crippen LogP) is 3.76. The van der Waals surface area contributed by atoms with E-state index in [1.165, 1.54) is 21.4 Å². The van der Waals surface area contributed by atoms with Crippen molar-refractivity contribution in [3.63, 3.8) is 0 Å². The molecule has 9 heteroatoms. The Morgan fingerprint density at radius 3 is 2.64 bits per heavy atom. The number of hydrogen-bond donors (Lipinski definition) is 0. The number of hydrogen-bond acceptors (Lipinski definition) is 4. The third-order valence-corrected chi connectivity index (χ3v) is 4.42. The van der Waals surface area contributed by atoms with E-state index in [2.05, 4.69) is 9.97 Å². The van der Waals surface area contributed by atoms with Crippen molar-refractivity contribution in [2.45, 2.75) is 20.0 Å². The molecule has 0 unspecified atom stereocenters. The molecule has 0 saturated carbocycles. The minimum Gasteiger partial charge on any atom is -0.492 e. The summed E-state index contributed by atoms with van der Waals surface area (Å²) >= 11 is 0. The molecule has 4 rings (SSSR count). The molecule has 0 bridgehead atoms. The van der Waals surface area contributed by atoms with Crippen molar-refractivity contribution in [3.8, 4) is 11.4 Å². The molecular weight excluding hydrogens is 373 g/mol. The summed E-state index contributed by atoms with van der Waals surface area (Å²) in [6.07, 6.45) is -0.110. The number of ether oxygens (including phenoxy) is 1. The van der Waals surface area contributed by atoms with Crippen LogP contribution in [0.2, 0.25) is 0 Å². The van der Waals surface area contributed by atoms with Crippen molar-refractivity contribution >= 4 is 16.7 Å². The van der Waals surface area contributed by atoms with Gasteiger partial charge in [0.25, 0.3) is 5.56 Å². The van der Waals surface area contributed by atoms with Crippen LogP contribution >= 0.6 is 0 Å². The highest BCUT2D eigenvalue weighted by Crippen LogP contribution is 2.37. The molecule has 4 aromatic rings. The summed E-state index contributed by atoms with van der Waals surface area (Å²) in [5, 5.41) is 0. The van der Waals surface area contributed by atoms with Crippen molar-refractivity contribution in [2.75, 3.05) is 6.61 Å². The van der Waals surface area contributed by atoms with E-state index in [1.54, 1.807) is 32.2 Å². The van der Waals surface area contributed by atoms with E-state index < -0.39 is 17.3 Å². The van der Waals surface area contributed by atoms with Crippen molar-refractivity contribution in [1.29, 1.82) is 0 Å². The monoisotopic (exact) mass is 388 g/mol. The van der Waals surface area contributed by atoms with Gasteiger partial charge in [-0.05, 0) is 38.1 Å². The minimum absolute atomic E-state index is 0.0191. The van der Waals surface area contributed by atoms with Crippen molar-refractivity contribution in [2.24, 2.45) is 0 Å². The van der Waals surface area contributed by atoms with Gasteiger partial charge in [-0.15, -0.1) is 0 Å². The largest absolute Gasteiger partial charge is 0.492 e. The molecule has 0 aliphatic carbocycles. The fraction of sp³-hybridized carbons (Fsp3) is 0.211. The molecule has 0 N–H and O–H groups in total. The van der Waals surface area contributed by atoms with Crippen LogP contribution in [0.1, 0.15) is 18.2 Å². The van der Waals surface area contributed by atoms with Crippen molar-refractivity contribution in [3.05, 3.63) is 64.5 Å². The van der Waals surface area contributed by atoms with Gasteiger partial charge >= 0.3 is 6.18 Å². The molecule has 0 atom stereocenters. The first-order chi connectivity index (χ1) is 13.3. The molecule has 0 saturated heterocycles. The summed E-state index contributed by atoms with van der Waals surface area (Å²) in [5.41, 5.74) is -0.110. The maximum Gasteiger partial charge on any atom is 0.416 e. The molecule has 6 nitrogen and oxygen atoms in total. The standard InChI is InChI=1S/C19H15F3N4O2/c1-3-28-15-10-12(19(20,21)22)9-14-16(15)25-8-7-24-17(25)18(27)26(14)13-5-4-6-23-11(13)2/h4-10H,3H2,1-2H3. The molecule has 3 heterocycles. The van der Waals surface area contributed by atoms with Gasteiger partial charge in [-0.1, -0.05) is 0 Å². The van der Waals surface area contributed by atoms with Gasteiger partial charge in [-0.3, -0.25) is 18.7 Å². The van der Waals surface area contributed by atoms with E-state index in [4.69, 9.17) is 4.74 Å². The van der Waals surface area contributed by atoms with E-state index in [0.717, 1.165) is 12.1 Å². The first kappa shape index (κ1) is 18.0. The molecular formula is C19H15F3N4O2. The summed E-state index contributed by atoms with van der Waals surface area (Å²) in [7, 11) is 0. The van der Waals surface area contributed by atoms with E-state index in [0.29, 0.717) is 16.9 Å². The van der Waals surface area contributed by atoms with Gasteiger partial charge in [-0.25, -0.2) is 4.98 Å². The Morgan fingerprint density at radius 1 is 1.18 bits per heavy atom. The van der Waals surface area contributed by atoms with Crippen LogP contribution in [0.4, 0.5) is 13.2 Å². The van der Waals surface area contributed by atoms with Gasteiger partial charge in [0.2, 0.25) is 5.65 Å². The van der Waals surface area contributed by atoms with Crippen LogP contribution in [0.15, 0.2) is 47.7 Å². The Balaban J connectivity index is 2.27. The van der Waals surface area contributed by atoms with Gasteiger partial charge in [-0.2, -0.15) is 13.2 Å². The molecule has 144 valence electrons. The second-order valence-corrected chi connectivity index (χ2v) is 6.14. The second-order valence-electron chi connectivity index (χ2n) is 6.14. The fourth-order valence-corrected chi connectivity index (χ4v) is 3.24.